The number of halogens is 3. The van der Waals surface area contributed by atoms with Crippen LogP contribution in [-0.2, 0) is 6.54 Å². The molecule has 1 nitrogen and oxygen atoms in total. The molecule has 0 atom stereocenters. The molecule has 0 saturated carbocycles. The Balaban J connectivity index is 2.48. The van der Waals surface area contributed by atoms with E-state index in [1.165, 1.54) is 17.7 Å². The topological polar surface area (TPSA) is 4.93 Å². The third-order valence-corrected chi connectivity index (χ3v) is 2.78. The van der Waals surface area contributed by atoms with Crippen LogP contribution >= 0.6 is 23.2 Å². The van der Waals surface area contributed by atoms with Crippen molar-refractivity contribution in [2.45, 2.75) is 6.54 Å². The molecule has 0 fully saturated rings. The Morgan fingerprint density at radius 3 is 2.93 bits per heavy atom. The molecular formula is C11H8Cl2FN. The van der Waals surface area contributed by atoms with E-state index in [4.69, 9.17) is 23.2 Å². The average molecular weight is 244 g/mol. The van der Waals surface area contributed by atoms with Gasteiger partial charge in [0, 0.05) is 16.8 Å². The van der Waals surface area contributed by atoms with E-state index in [9.17, 15) is 4.39 Å². The predicted octanol–water partition coefficient (Wildman–Crippen LogP) is 4.10. The number of nitrogens with zero attached hydrogens (tertiary/aromatic N) is 1. The first kappa shape index (κ1) is 10.5. The van der Waals surface area contributed by atoms with Crippen molar-refractivity contribution >= 4 is 34.1 Å². The maximum Gasteiger partial charge on any atom is 0.125 e. The van der Waals surface area contributed by atoms with Crippen LogP contribution in [0.4, 0.5) is 4.39 Å². The molecule has 0 aliphatic carbocycles. The second-order valence-electron chi connectivity index (χ2n) is 3.20. The molecule has 2 rings (SSSR count). The van der Waals surface area contributed by atoms with Gasteiger partial charge >= 0.3 is 0 Å². The zero-order valence-electron chi connectivity index (χ0n) is 7.75. The Morgan fingerprint density at radius 2 is 2.20 bits per heavy atom. The van der Waals surface area contributed by atoms with E-state index in [1.807, 2.05) is 16.8 Å². The van der Waals surface area contributed by atoms with Crippen LogP contribution in [-0.4, -0.2) is 4.57 Å². The quantitative estimate of drug-likeness (QED) is 0.749. The molecule has 0 radical (unpaired) electrons. The van der Waals surface area contributed by atoms with Crippen molar-refractivity contribution in [1.29, 1.82) is 0 Å². The molecule has 4 heteroatoms. The minimum Gasteiger partial charge on any atom is -0.342 e. The summed E-state index contributed by atoms with van der Waals surface area (Å²) in [7, 11) is 0. The van der Waals surface area contributed by atoms with Gasteiger partial charge in [-0.3, -0.25) is 0 Å². The van der Waals surface area contributed by atoms with Crippen molar-refractivity contribution in [2.24, 2.45) is 0 Å². The highest BCUT2D eigenvalue weighted by atomic mass is 35.5. The lowest BCUT2D eigenvalue weighted by atomic mass is 10.2. The zero-order chi connectivity index (χ0) is 10.8. The Morgan fingerprint density at radius 1 is 1.40 bits per heavy atom. The summed E-state index contributed by atoms with van der Waals surface area (Å²) < 4.78 is 14.9. The maximum atomic E-state index is 13.0. The summed E-state index contributed by atoms with van der Waals surface area (Å²) in [5, 5.41) is 1.49. The molecule has 1 aromatic heterocycles. The molecule has 0 unspecified atom stereocenters. The third kappa shape index (κ3) is 2.16. The van der Waals surface area contributed by atoms with Gasteiger partial charge in [-0.05, 0) is 29.7 Å². The maximum absolute atomic E-state index is 13.0. The fourth-order valence-electron chi connectivity index (χ4n) is 1.49. The average Bonchev–Trinajstić information content (AvgIpc) is 2.61. The molecule has 0 aliphatic heterocycles. The monoisotopic (exact) mass is 243 g/mol. The first-order chi connectivity index (χ1) is 7.20. The van der Waals surface area contributed by atoms with E-state index in [0.717, 1.165) is 10.9 Å². The summed E-state index contributed by atoms with van der Waals surface area (Å²) in [6, 6.07) is 6.56. The molecule has 2 aromatic rings. The summed E-state index contributed by atoms with van der Waals surface area (Å²) in [5.74, 6) is -0.256. The van der Waals surface area contributed by atoms with Crippen LogP contribution in [0.1, 0.15) is 0 Å². The third-order valence-electron chi connectivity index (χ3n) is 2.18. The zero-order valence-corrected chi connectivity index (χ0v) is 9.26. The summed E-state index contributed by atoms with van der Waals surface area (Å²) in [6.45, 7) is 0.456. The molecule has 0 bridgehead atoms. The van der Waals surface area contributed by atoms with Crippen LogP contribution in [0.5, 0.6) is 0 Å². The summed E-state index contributed by atoms with van der Waals surface area (Å²) >= 11 is 11.3. The van der Waals surface area contributed by atoms with Crippen LogP contribution in [0.3, 0.4) is 0 Å². The van der Waals surface area contributed by atoms with E-state index >= 15 is 0 Å². The summed E-state index contributed by atoms with van der Waals surface area (Å²) in [5.41, 5.74) is 2.12. The van der Waals surface area contributed by atoms with Gasteiger partial charge in [-0.15, -0.1) is 0 Å². The Labute approximate surface area is 96.7 Å². The number of fused-ring (bicyclic) bond motifs is 1. The second-order valence-corrected chi connectivity index (χ2v) is 3.91. The molecule has 0 N–H and O–H groups in total. The fraction of sp³-hybridized carbons (Fsp3) is 0.0909. The van der Waals surface area contributed by atoms with E-state index in [1.54, 1.807) is 6.07 Å². The van der Waals surface area contributed by atoms with Gasteiger partial charge in [0.15, 0.2) is 0 Å². The number of hydrogen-bond donors (Lipinski definition) is 0. The van der Waals surface area contributed by atoms with Crippen LogP contribution in [0, 0.1) is 5.82 Å². The van der Waals surface area contributed by atoms with Crippen molar-refractivity contribution < 1.29 is 4.39 Å². The van der Waals surface area contributed by atoms with Crippen molar-refractivity contribution in [3.63, 3.8) is 0 Å². The smallest absolute Gasteiger partial charge is 0.125 e. The van der Waals surface area contributed by atoms with E-state index < -0.39 is 0 Å². The first-order valence-electron chi connectivity index (χ1n) is 4.40. The summed E-state index contributed by atoms with van der Waals surface area (Å²) in [6.07, 6.45) is 1.85. The molecule has 0 aliphatic rings. The predicted molar refractivity (Wildman–Crippen MR) is 61.7 cm³/mol. The van der Waals surface area contributed by atoms with E-state index in [2.05, 4.69) is 0 Å². The Kier molecular flexibility index (Phi) is 2.98. The highest BCUT2D eigenvalue weighted by Crippen LogP contribution is 2.19. The lowest BCUT2D eigenvalue weighted by Crippen LogP contribution is -1.95. The highest BCUT2D eigenvalue weighted by Gasteiger charge is 2.03. The lowest BCUT2D eigenvalue weighted by Gasteiger charge is -2.03. The van der Waals surface area contributed by atoms with Crippen LogP contribution in [0.15, 0.2) is 41.0 Å². The lowest BCUT2D eigenvalue weighted by molar-refractivity contribution is 0.628. The van der Waals surface area contributed by atoms with Crippen molar-refractivity contribution in [2.75, 3.05) is 0 Å². The SMILES string of the molecule is Fc1ccc2ccn(C/C(Cl)=C/Cl)c2c1. The molecular weight excluding hydrogens is 236 g/mol. The molecule has 1 heterocycles. The van der Waals surface area contributed by atoms with Crippen molar-refractivity contribution in [3.05, 3.63) is 46.8 Å². The second kappa shape index (κ2) is 4.25. The fourth-order valence-corrected chi connectivity index (χ4v) is 1.69. The van der Waals surface area contributed by atoms with Gasteiger partial charge in [-0.25, -0.2) is 4.39 Å². The first-order valence-corrected chi connectivity index (χ1v) is 5.21. The van der Waals surface area contributed by atoms with Crippen LogP contribution < -0.4 is 0 Å². The van der Waals surface area contributed by atoms with Crippen molar-refractivity contribution in [3.8, 4) is 0 Å². The van der Waals surface area contributed by atoms with Gasteiger partial charge in [-0.1, -0.05) is 23.2 Å². The van der Waals surface area contributed by atoms with Gasteiger partial charge in [-0.2, -0.15) is 0 Å². The number of benzene rings is 1. The van der Waals surface area contributed by atoms with Crippen LogP contribution in [0.25, 0.3) is 10.9 Å². The standard InChI is InChI=1S/C11H8Cl2FN/c12-6-9(13)7-15-4-3-8-1-2-10(14)5-11(8)15/h1-6H,7H2/b9-6-. The number of allylic oxidation sites excluding steroid dienone is 1. The molecule has 15 heavy (non-hydrogen) atoms. The molecule has 0 spiro atoms. The molecule has 0 amide bonds. The van der Waals surface area contributed by atoms with Gasteiger partial charge in [0.1, 0.15) is 5.82 Å². The minimum absolute atomic E-state index is 0.256. The van der Waals surface area contributed by atoms with Crippen LogP contribution in [0.2, 0.25) is 0 Å². The van der Waals surface area contributed by atoms with E-state index in [-0.39, 0.29) is 5.82 Å². The number of hydrogen-bond acceptors (Lipinski definition) is 0. The number of rotatable bonds is 2. The minimum atomic E-state index is -0.256. The van der Waals surface area contributed by atoms with Gasteiger partial charge in [0.05, 0.1) is 12.1 Å². The van der Waals surface area contributed by atoms with Crippen molar-refractivity contribution in [1.82, 2.24) is 4.57 Å². The molecule has 1 aromatic carbocycles. The highest BCUT2D eigenvalue weighted by molar-refractivity contribution is 6.36. The Bertz CT molecular complexity index is 516. The molecule has 78 valence electrons. The van der Waals surface area contributed by atoms with Gasteiger partial charge < -0.3 is 4.57 Å². The van der Waals surface area contributed by atoms with Gasteiger partial charge in [0.25, 0.3) is 0 Å². The summed E-state index contributed by atoms with van der Waals surface area (Å²) in [4.78, 5) is 0. The normalized spacial score (nSPS) is 12.3. The van der Waals surface area contributed by atoms with Gasteiger partial charge in [0.2, 0.25) is 0 Å². The molecule has 0 saturated heterocycles. The Hall–Kier alpha value is -0.990. The van der Waals surface area contributed by atoms with E-state index in [0.29, 0.717) is 11.6 Å². The number of aromatic nitrogens is 1. The largest absolute Gasteiger partial charge is 0.342 e.